The lowest BCUT2D eigenvalue weighted by molar-refractivity contribution is 0.0618. The van der Waals surface area contributed by atoms with E-state index >= 15 is 0 Å². The summed E-state index contributed by atoms with van der Waals surface area (Å²) in [6, 6.07) is 0. The first-order valence-electron chi connectivity index (χ1n) is 3.50. The van der Waals surface area contributed by atoms with Gasteiger partial charge < -0.3 is 0 Å². The van der Waals surface area contributed by atoms with Gasteiger partial charge in [-0.05, 0) is 25.2 Å². The molecule has 0 bridgehead atoms. The fraction of sp³-hybridized carbons (Fsp3) is 1.00. The second-order valence-electron chi connectivity index (χ2n) is 2.66. The first kappa shape index (κ1) is 6.09. The lowest BCUT2D eigenvalue weighted by atomic mass is 10.1. The maximum Gasteiger partial charge on any atom is 0.0958 e. The average Bonchev–Trinajstić information content (AvgIpc) is 2.45. The molecule has 1 nitrogen and oxygen atoms in total. The van der Waals surface area contributed by atoms with Gasteiger partial charge in [0.05, 0.1) is 6.10 Å². The van der Waals surface area contributed by atoms with Crippen LogP contribution in [0.25, 0.3) is 0 Å². The smallest absolute Gasteiger partial charge is 0.0958 e. The highest BCUT2D eigenvalue weighted by Gasteiger charge is 2.29. The summed E-state index contributed by atoms with van der Waals surface area (Å²) in [6.45, 7) is 2.08. The molecule has 1 saturated carbocycles. The molecule has 1 aliphatic rings. The van der Waals surface area contributed by atoms with Crippen LogP contribution in [-0.2, 0) is 5.11 Å². The number of hydrogen-bond acceptors (Lipinski definition) is 0. The minimum absolute atomic E-state index is 0.222. The standard InChI is InChI=1S/C7H13O/c1-2-3-7(8)6-4-5-6/h6-7H,2-5H2,1H3. The summed E-state index contributed by atoms with van der Waals surface area (Å²) in [4.78, 5) is 0. The maximum absolute atomic E-state index is 10.9. The van der Waals surface area contributed by atoms with E-state index in [0.717, 1.165) is 12.8 Å². The Morgan fingerprint density at radius 3 is 2.62 bits per heavy atom. The van der Waals surface area contributed by atoms with Crippen LogP contribution in [0.5, 0.6) is 0 Å². The van der Waals surface area contributed by atoms with Crippen LogP contribution in [-0.4, -0.2) is 6.10 Å². The van der Waals surface area contributed by atoms with Crippen molar-refractivity contribution in [2.45, 2.75) is 38.7 Å². The van der Waals surface area contributed by atoms with Crippen molar-refractivity contribution in [3.8, 4) is 0 Å². The highest BCUT2D eigenvalue weighted by atomic mass is 16.3. The van der Waals surface area contributed by atoms with Gasteiger partial charge in [0, 0.05) is 0 Å². The monoisotopic (exact) mass is 113 g/mol. The Morgan fingerprint density at radius 1 is 1.62 bits per heavy atom. The van der Waals surface area contributed by atoms with Gasteiger partial charge in [-0.2, -0.15) is 0 Å². The van der Waals surface area contributed by atoms with Gasteiger partial charge in [-0.3, -0.25) is 0 Å². The first-order valence-corrected chi connectivity index (χ1v) is 3.50. The summed E-state index contributed by atoms with van der Waals surface area (Å²) in [5.41, 5.74) is 0. The van der Waals surface area contributed by atoms with Crippen LogP contribution >= 0.6 is 0 Å². The lowest BCUT2D eigenvalue weighted by Crippen LogP contribution is -2.05. The highest BCUT2D eigenvalue weighted by Crippen LogP contribution is 2.34. The molecule has 1 aliphatic carbocycles. The molecule has 0 spiro atoms. The zero-order chi connectivity index (χ0) is 5.98. The molecule has 1 rings (SSSR count). The van der Waals surface area contributed by atoms with Gasteiger partial charge in [0.25, 0.3) is 0 Å². The van der Waals surface area contributed by atoms with Crippen molar-refractivity contribution in [2.24, 2.45) is 5.92 Å². The van der Waals surface area contributed by atoms with Crippen molar-refractivity contribution >= 4 is 0 Å². The zero-order valence-electron chi connectivity index (χ0n) is 5.39. The average molecular weight is 113 g/mol. The minimum atomic E-state index is -0.222. The minimum Gasteiger partial charge on any atom is -0.233 e. The molecule has 0 saturated heterocycles. The summed E-state index contributed by atoms with van der Waals surface area (Å²) in [6.07, 6.45) is 4.14. The van der Waals surface area contributed by atoms with E-state index in [9.17, 15) is 5.11 Å². The molecule has 0 amide bonds. The van der Waals surface area contributed by atoms with Crippen LogP contribution < -0.4 is 0 Å². The Hall–Kier alpha value is -0.0400. The highest BCUT2D eigenvalue weighted by molar-refractivity contribution is 4.79. The van der Waals surface area contributed by atoms with Crippen molar-refractivity contribution < 1.29 is 5.11 Å². The van der Waals surface area contributed by atoms with Gasteiger partial charge in [0.15, 0.2) is 0 Å². The fourth-order valence-electron chi connectivity index (χ4n) is 0.988. The quantitative estimate of drug-likeness (QED) is 0.533. The van der Waals surface area contributed by atoms with Crippen molar-refractivity contribution in [3.05, 3.63) is 0 Å². The van der Waals surface area contributed by atoms with Gasteiger partial charge >= 0.3 is 0 Å². The Balaban J connectivity index is 2.03. The van der Waals surface area contributed by atoms with E-state index in [2.05, 4.69) is 6.92 Å². The Morgan fingerprint density at radius 2 is 2.25 bits per heavy atom. The molecule has 1 atom stereocenters. The van der Waals surface area contributed by atoms with Gasteiger partial charge in [-0.1, -0.05) is 13.3 Å². The molecule has 0 aliphatic heterocycles. The molecule has 0 aromatic rings. The molecule has 0 aromatic heterocycles. The third kappa shape index (κ3) is 1.48. The van der Waals surface area contributed by atoms with E-state index in [1.165, 1.54) is 12.8 Å². The molecule has 0 heterocycles. The summed E-state index contributed by atoms with van der Waals surface area (Å²) >= 11 is 0. The Bertz CT molecular complexity index is 66.8. The molecular formula is C7H13O. The van der Waals surface area contributed by atoms with Crippen molar-refractivity contribution in [3.63, 3.8) is 0 Å². The topological polar surface area (TPSA) is 19.9 Å². The molecule has 1 fully saturated rings. The van der Waals surface area contributed by atoms with Crippen LogP contribution in [0.3, 0.4) is 0 Å². The third-order valence-corrected chi connectivity index (χ3v) is 1.72. The molecule has 47 valence electrons. The van der Waals surface area contributed by atoms with Crippen LogP contribution in [0.1, 0.15) is 32.6 Å². The second kappa shape index (κ2) is 2.49. The Kier molecular flexibility index (Phi) is 1.90. The zero-order valence-corrected chi connectivity index (χ0v) is 5.39. The van der Waals surface area contributed by atoms with Gasteiger partial charge in [-0.15, -0.1) is 0 Å². The van der Waals surface area contributed by atoms with E-state index in [-0.39, 0.29) is 6.10 Å². The summed E-state index contributed by atoms with van der Waals surface area (Å²) < 4.78 is 0. The predicted octanol–water partition coefficient (Wildman–Crippen LogP) is 2.00. The normalized spacial score (nSPS) is 23.2. The summed E-state index contributed by atoms with van der Waals surface area (Å²) in [5, 5.41) is 10.9. The van der Waals surface area contributed by atoms with Gasteiger partial charge in [0.1, 0.15) is 0 Å². The number of rotatable bonds is 3. The van der Waals surface area contributed by atoms with Crippen molar-refractivity contribution in [2.75, 3.05) is 0 Å². The van der Waals surface area contributed by atoms with E-state index < -0.39 is 0 Å². The van der Waals surface area contributed by atoms with Gasteiger partial charge in [0.2, 0.25) is 0 Å². The maximum atomic E-state index is 10.9. The molecular weight excluding hydrogens is 100 g/mol. The van der Waals surface area contributed by atoms with Crippen LogP contribution in [0.4, 0.5) is 0 Å². The largest absolute Gasteiger partial charge is 0.233 e. The molecule has 0 N–H and O–H groups in total. The van der Waals surface area contributed by atoms with E-state index in [4.69, 9.17) is 0 Å². The van der Waals surface area contributed by atoms with E-state index in [1.54, 1.807) is 0 Å². The van der Waals surface area contributed by atoms with Crippen LogP contribution in [0.2, 0.25) is 0 Å². The SMILES string of the molecule is CCCC([O])C1CC1. The van der Waals surface area contributed by atoms with Gasteiger partial charge in [-0.25, -0.2) is 5.11 Å². The van der Waals surface area contributed by atoms with E-state index in [1.807, 2.05) is 0 Å². The second-order valence-corrected chi connectivity index (χ2v) is 2.66. The van der Waals surface area contributed by atoms with Crippen LogP contribution in [0.15, 0.2) is 0 Å². The Labute approximate surface area is 50.7 Å². The summed E-state index contributed by atoms with van der Waals surface area (Å²) in [5.74, 6) is 0.565. The molecule has 1 radical (unpaired) electrons. The predicted molar refractivity (Wildman–Crippen MR) is 32.1 cm³/mol. The van der Waals surface area contributed by atoms with E-state index in [0.29, 0.717) is 5.92 Å². The lowest BCUT2D eigenvalue weighted by Gasteiger charge is -2.00. The first-order chi connectivity index (χ1) is 3.84. The third-order valence-electron chi connectivity index (χ3n) is 1.72. The van der Waals surface area contributed by atoms with Crippen molar-refractivity contribution in [1.82, 2.24) is 0 Å². The molecule has 1 heteroatoms. The molecule has 1 unspecified atom stereocenters. The van der Waals surface area contributed by atoms with Crippen LogP contribution in [0, 0.1) is 5.92 Å². The van der Waals surface area contributed by atoms with Crippen molar-refractivity contribution in [1.29, 1.82) is 0 Å². The molecule has 8 heavy (non-hydrogen) atoms. The molecule has 0 aromatic carbocycles. The summed E-state index contributed by atoms with van der Waals surface area (Å²) in [7, 11) is 0. The fourth-order valence-corrected chi connectivity index (χ4v) is 0.988. The number of hydrogen-bond donors (Lipinski definition) is 0.